The van der Waals surface area contributed by atoms with Crippen LogP contribution < -0.4 is 0 Å². The summed E-state index contributed by atoms with van der Waals surface area (Å²) < 4.78 is 14.6. The van der Waals surface area contributed by atoms with Crippen LogP contribution in [0.5, 0.6) is 0 Å². The van der Waals surface area contributed by atoms with Crippen LogP contribution in [0.15, 0.2) is 40.9 Å². The van der Waals surface area contributed by atoms with Crippen molar-refractivity contribution in [1.82, 2.24) is 0 Å². The molecule has 3 rings (SSSR count). The van der Waals surface area contributed by atoms with Crippen molar-refractivity contribution in [2.24, 2.45) is 0 Å². The van der Waals surface area contributed by atoms with Crippen LogP contribution in [-0.4, -0.2) is 0 Å². The van der Waals surface area contributed by atoms with Crippen LogP contribution in [0.4, 0.5) is 4.39 Å². The van der Waals surface area contributed by atoms with Crippen LogP contribution in [0.3, 0.4) is 0 Å². The normalized spacial score (nSPS) is 15.8. The van der Waals surface area contributed by atoms with Crippen LogP contribution in [0, 0.1) is 5.82 Å². The van der Waals surface area contributed by atoms with Gasteiger partial charge in [0.25, 0.3) is 0 Å². The lowest BCUT2D eigenvalue weighted by molar-refractivity contribution is 0.605. The molecule has 20 heavy (non-hydrogen) atoms. The average Bonchev–Trinajstić information content (AvgIpc) is 2.49. The molecule has 2 aromatic rings. The van der Waals surface area contributed by atoms with E-state index in [1.54, 1.807) is 12.1 Å². The number of hydrogen-bond acceptors (Lipinski definition) is 0. The predicted molar refractivity (Wildman–Crippen MR) is 84.9 cm³/mol. The molecular weight excluding hydrogens is 339 g/mol. The summed E-state index contributed by atoms with van der Waals surface area (Å²) in [5.74, 6) is -0.273. The number of aryl methyl sites for hydroxylation is 2. The summed E-state index contributed by atoms with van der Waals surface area (Å²) in [4.78, 5) is 0. The van der Waals surface area contributed by atoms with Crippen molar-refractivity contribution in [2.45, 2.75) is 31.1 Å². The minimum Gasteiger partial charge on any atom is -0.205 e. The zero-order valence-corrected chi connectivity index (χ0v) is 13.3. The van der Waals surface area contributed by atoms with Crippen molar-refractivity contribution in [3.63, 3.8) is 0 Å². The first-order valence-corrected chi connectivity index (χ1v) is 8.09. The monoisotopic (exact) mass is 352 g/mol. The fraction of sp³-hybridized carbons (Fsp3) is 0.294. The summed E-state index contributed by atoms with van der Waals surface area (Å²) in [6.07, 6.45) is 4.74. The first-order chi connectivity index (χ1) is 9.66. The molecule has 3 heteroatoms. The molecule has 0 bridgehead atoms. The Kier molecular flexibility index (Phi) is 4.13. The molecule has 104 valence electrons. The Bertz CT molecular complexity index is 639. The van der Waals surface area contributed by atoms with E-state index >= 15 is 0 Å². The van der Waals surface area contributed by atoms with Crippen LogP contribution in [0.1, 0.15) is 40.5 Å². The number of hydrogen-bond donors (Lipinski definition) is 0. The van der Waals surface area contributed by atoms with Gasteiger partial charge in [-0.25, -0.2) is 4.39 Å². The molecular formula is C17H15BrClF. The summed E-state index contributed by atoms with van der Waals surface area (Å²) in [6, 6.07) is 11.6. The molecule has 0 aliphatic heterocycles. The third-order valence-electron chi connectivity index (χ3n) is 3.92. The smallest absolute Gasteiger partial charge is 0.142 e. The molecule has 2 aromatic carbocycles. The van der Waals surface area contributed by atoms with Gasteiger partial charge in [0.15, 0.2) is 0 Å². The Balaban J connectivity index is 1.98. The first-order valence-electron chi connectivity index (χ1n) is 6.86. The van der Waals surface area contributed by atoms with Gasteiger partial charge < -0.3 is 0 Å². The van der Waals surface area contributed by atoms with E-state index in [4.69, 9.17) is 11.6 Å². The molecule has 0 saturated heterocycles. The highest BCUT2D eigenvalue weighted by Gasteiger charge is 2.18. The summed E-state index contributed by atoms with van der Waals surface area (Å²) >= 11 is 9.70. The highest BCUT2D eigenvalue weighted by Crippen LogP contribution is 2.35. The van der Waals surface area contributed by atoms with Gasteiger partial charge in [-0.3, -0.25) is 0 Å². The second kappa shape index (κ2) is 5.87. The van der Waals surface area contributed by atoms with Crippen molar-refractivity contribution < 1.29 is 4.39 Å². The lowest BCUT2D eigenvalue weighted by atomic mass is 9.89. The first kappa shape index (κ1) is 14.1. The molecule has 1 atom stereocenters. The maximum absolute atomic E-state index is 14.1. The van der Waals surface area contributed by atoms with Gasteiger partial charge in [0.05, 0.1) is 9.85 Å². The van der Waals surface area contributed by atoms with Crippen LogP contribution in [0.25, 0.3) is 0 Å². The zero-order valence-electron chi connectivity index (χ0n) is 11.0. The second-order valence-electron chi connectivity index (χ2n) is 5.24. The second-order valence-corrected chi connectivity index (χ2v) is 6.53. The Morgan fingerprint density at radius 2 is 1.80 bits per heavy atom. The number of alkyl halides is 1. The summed E-state index contributed by atoms with van der Waals surface area (Å²) in [5.41, 5.74) is 4.29. The quantitative estimate of drug-likeness (QED) is 0.599. The molecule has 0 nitrogen and oxygen atoms in total. The number of rotatable bonds is 2. The van der Waals surface area contributed by atoms with Crippen LogP contribution in [-0.2, 0) is 12.8 Å². The lowest BCUT2D eigenvalue weighted by Crippen LogP contribution is -2.05. The Labute approximate surface area is 132 Å². The van der Waals surface area contributed by atoms with Crippen molar-refractivity contribution in [3.8, 4) is 0 Å². The van der Waals surface area contributed by atoms with Gasteiger partial charge in [0.2, 0.25) is 0 Å². The molecule has 1 aliphatic rings. The van der Waals surface area contributed by atoms with E-state index in [-0.39, 0.29) is 5.82 Å². The van der Waals surface area contributed by atoms with Crippen molar-refractivity contribution >= 4 is 27.5 Å². The predicted octanol–water partition coefficient (Wildman–Crippen LogP) is 5.80. The Morgan fingerprint density at radius 1 is 1.05 bits per heavy atom. The van der Waals surface area contributed by atoms with E-state index in [9.17, 15) is 4.39 Å². The molecule has 0 spiro atoms. The van der Waals surface area contributed by atoms with Gasteiger partial charge in [-0.15, -0.1) is 11.6 Å². The summed E-state index contributed by atoms with van der Waals surface area (Å²) in [6.45, 7) is 0. The van der Waals surface area contributed by atoms with E-state index in [1.807, 2.05) is 12.1 Å². The van der Waals surface area contributed by atoms with Crippen LogP contribution >= 0.6 is 27.5 Å². The van der Waals surface area contributed by atoms with E-state index in [0.717, 1.165) is 18.4 Å². The van der Waals surface area contributed by atoms with Crippen molar-refractivity contribution in [1.29, 1.82) is 0 Å². The molecule has 0 N–H and O–H groups in total. The van der Waals surface area contributed by atoms with Crippen molar-refractivity contribution in [2.75, 3.05) is 0 Å². The molecule has 0 amide bonds. The van der Waals surface area contributed by atoms with E-state index in [1.165, 1.54) is 24.0 Å². The molecule has 0 fully saturated rings. The van der Waals surface area contributed by atoms with Crippen molar-refractivity contribution in [3.05, 3.63) is 68.9 Å². The van der Waals surface area contributed by atoms with Crippen LogP contribution in [0.2, 0.25) is 0 Å². The molecule has 0 radical (unpaired) electrons. The minimum atomic E-state index is -0.445. The minimum absolute atomic E-state index is 0.273. The number of benzene rings is 2. The molecule has 0 aromatic heterocycles. The highest BCUT2D eigenvalue weighted by atomic mass is 79.9. The SMILES string of the molecule is Fc1c(Br)cccc1C(Cl)c1ccc2c(c1)CCCC2. The van der Waals surface area contributed by atoms with E-state index < -0.39 is 5.38 Å². The lowest BCUT2D eigenvalue weighted by Gasteiger charge is -2.19. The molecule has 1 aliphatic carbocycles. The summed E-state index contributed by atoms with van der Waals surface area (Å²) in [5, 5.41) is -0.445. The standard InChI is InChI=1S/C17H15BrClF/c18-15-7-3-6-14(17(15)20)16(19)13-9-8-11-4-1-2-5-12(11)10-13/h3,6-10,16H,1-2,4-5H2. The van der Waals surface area contributed by atoms with Gasteiger partial charge in [0.1, 0.15) is 5.82 Å². The third-order valence-corrected chi connectivity index (χ3v) is 5.02. The molecule has 0 heterocycles. The fourth-order valence-corrected chi connectivity index (χ4v) is 3.49. The Morgan fingerprint density at radius 3 is 2.60 bits per heavy atom. The topological polar surface area (TPSA) is 0 Å². The highest BCUT2D eigenvalue weighted by molar-refractivity contribution is 9.10. The maximum atomic E-state index is 14.1. The maximum Gasteiger partial charge on any atom is 0.142 e. The number of fused-ring (bicyclic) bond motifs is 1. The van der Waals surface area contributed by atoms with Gasteiger partial charge in [-0.1, -0.05) is 30.3 Å². The molecule has 1 unspecified atom stereocenters. The zero-order chi connectivity index (χ0) is 14.1. The average molecular weight is 354 g/mol. The van der Waals surface area contributed by atoms with E-state index in [2.05, 4.69) is 28.1 Å². The number of halogens is 3. The van der Waals surface area contributed by atoms with Gasteiger partial charge >= 0.3 is 0 Å². The molecule has 0 saturated carbocycles. The largest absolute Gasteiger partial charge is 0.205 e. The van der Waals surface area contributed by atoms with Gasteiger partial charge in [-0.05, 0) is 64.4 Å². The van der Waals surface area contributed by atoms with E-state index in [0.29, 0.717) is 10.0 Å². The third kappa shape index (κ3) is 2.64. The Hall–Kier alpha value is -0.860. The van der Waals surface area contributed by atoms with Gasteiger partial charge in [0, 0.05) is 5.56 Å². The summed E-state index contributed by atoms with van der Waals surface area (Å²) in [7, 11) is 0. The fourth-order valence-electron chi connectivity index (χ4n) is 2.81. The van der Waals surface area contributed by atoms with Gasteiger partial charge in [-0.2, -0.15) is 0 Å².